The Kier molecular flexibility index (Phi) is 3.06. The molecule has 0 aromatic rings. The maximum absolute atomic E-state index is 11.0. The number of hydrogen-bond acceptors (Lipinski definition) is 4. The van der Waals surface area contributed by atoms with Crippen molar-refractivity contribution in [1.82, 2.24) is 0 Å². The fourth-order valence-corrected chi connectivity index (χ4v) is 0.828. The van der Waals surface area contributed by atoms with Crippen molar-refractivity contribution in [3.05, 3.63) is 11.6 Å². The number of carbonyl (C=O) groups is 2. The lowest BCUT2D eigenvalue weighted by Gasteiger charge is -2.06. The second-order valence-corrected chi connectivity index (χ2v) is 3.17. The van der Waals surface area contributed by atoms with Gasteiger partial charge < -0.3 is 9.47 Å². The van der Waals surface area contributed by atoms with Crippen LogP contribution in [0, 0.1) is 5.92 Å². The molecule has 0 radical (unpaired) electrons. The molecule has 13 heavy (non-hydrogen) atoms. The van der Waals surface area contributed by atoms with Crippen LogP contribution in [0.1, 0.15) is 13.8 Å². The van der Waals surface area contributed by atoms with E-state index in [0.29, 0.717) is 5.57 Å². The zero-order chi connectivity index (χ0) is 9.84. The summed E-state index contributed by atoms with van der Waals surface area (Å²) in [5, 5.41) is 0. The van der Waals surface area contributed by atoms with Crippen molar-refractivity contribution in [2.24, 2.45) is 5.92 Å². The van der Waals surface area contributed by atoms with Gasteiger partial charge in [0.2, 0.25) is 0 Å². The van der Waals surface area contributed by atoms with Gasteiger partial charge >= 0.3 is 11.9 Å². The molecule has 1 aliphatic rings. The lowest BCUT2D eigenvalue weighted by molar-refractivity contribution is -0.146. The number of cyclic esters (lactones) is 1. The molecular formula is C9H12O4. The Morgan fingerprint density at radius 3 is 2.85 bits per heavy atom. The Morgan fingerprint density at radius 1 is 1.69 bits per heavy atom. The molecule has 0 aromatic heterocycles. The maximum atomic E-state index is 11.0. The fraction of sp³-hybridized carbons (Fsp3) is 0.556. The van der Waals surface area contributed by atoms with Gasteiger partial charge in [-0.05, 0) is 0 Å². The molecule has 0 aliphatic carbocycles. The molecule has 0 amide bonds. The first-order valence-electron chi connectivity index (χ1n) is 4.12. The molecule has 4 heteroatoms. The van der Waals surface area contributed by atoms with Gasteiger partial charge in [0.15, 0.2) is 0 Å². The van der Waals surface area contributed by atoms with Gasteiger partial charge in [0, 0.05) is 11.6 Å². The molecule has 0 fully saturated rings. The summed E-state index contributed by atoms with van der Waals surface area (Å²) < 4.78 is 9.53. The highest BCUT2D eigenvalue weighted by Crippen LogP contribution is 2.07. The summed E-state index contributed by atoms with van der Waals surface area (Å²) in [6, 6.07) is 0. The normalized spacial score (nSPS) is 15.6. The van der Waals surface area contributed by atoms with E-state index in [2.05, 4.69) is 4.74 Å². The molecule has 0 unspecified atom stereocenters. The molecule has 0 bridgehead atoms. The van der Waals surface area contributed by atoms with Crippen molar-refractivity contribution in [3.8, 4) is 0 Å². The maximum Gasteiger partial charge on any atom is 0.331 e. The van der Waals surface area contributed by atoms with Crippen molar-refractivity contribution in [2.75, 3.05) is 13.2 Å². The molecule has 0 saturated carbocycles. The van der Waals surface area contributed by atoms with E-state index in [-0.39, 0.29) is 31.1 Å². The SMILES string of the molecule is CC(C)C(=O)OCC1=CC(=O)OC1. The van der Waals surface area contributed by atoms with Gasteiger partial charge in [-0.3, -0.25) is 4.79 Å². The Morgan fingerprint density at radius 2 is 2.38 bits per heavy atom. The number of hydrogen-bond donors (Lipinski definition) is 0. The summed E-state index contributed by atoms with van der Waals surface area (Å²) in [4.78, 5) is 21.6. The van der Waals surface area contributed by atoms with Gasteiger partial charge in [0.25, 0.3) is 0 Å². The van der Waals surface area contributed by atoms with Crippen LogP contribution in [0.5, 0.6) is 0 Å². The third-order valence-electron chi connectivity index (χ3n) is 1.59. The monoisotopic (exact) mass is 184 g/mol. The van der Waals surface area contributed by atoms with E-state index in [1.807, 2.05) is 0 Å². The largest absolute Gasteiger partial charge is 0.461 e. The van der Waals surface area contributed by atoms with E-state index in [1.54, 1.807) is 13.8 Å². The highest BCUT2D eigenvalue weighted by atomic mass is 16.5. The van der Waals surface area contributed by atoms with Crippen LogP contribution in [-0.4, -0.2) is 25.2 Å². The van der Waals surface area contributed by atoms with E-state index in [1.165, 1.54) is 6.08 Å². The third kappa shape index (κ3) is 2.89. The van der Waals surface area contributed by atoms with Gasteiger partial charge in [-0.2, -0.15) is 0 Å². The summed E-state index contributed by atoms with van der Waals surface area (Å²) in [7, 11) is 0. The van der Waals surface area contributed by atoms with Crippen molar-refractivity contribution in [1.29, 1.82) is 0 Å². The van der Waals surface area contributed by atoms with Gasteiger partial charge in [-0.1, -0.05) is 13.8 Å². The van der Waals surface area contributed by atoms with Gasteiger partial charge in [0.05, 0.1) is 5.92 Å². The van der Waals surface area contributed by atoms with E-state index >= 15 is 0 Å². The minimum absolute atomic E-state index is 0.140. The number of carbonyl (C=O) groups excluding carboxylic acids is 2. The predicted octanol–water partition coefficient (Wildman–Crippen LogP) is 0.669. The molecule has 1 aliphatic heterocycles. The molecule has 1 heterocycles. The minimum Gasteiger partial charge on any atom is -0.461 e. The average molecular weight is 184 g/mol. The summed E-state index contributed by atoms with van der Waals surface area (Å²) in [6.07, 6.45) is 1.35. The van der Waals surface area contributed by atoms with E-state index < -0.39 is 0 Å². The van der Waals surface area contributed by atoms with Crippen LogP contribution in [0.15, 0.2) is 11.6 Å². The van der Waals surface area contributed by atoms with Crippen LogP contribution >= 0.6 is 0 Å². The predicted molar refractivity (Wildman–Crippen MR) is 44.8 cm³/mol. The van der Waals surface area contributed by atoms with Crippen LogP contribution in [0.2, 0.25) is 0 Å². The zero-order valence-corrected chi connectivity index (χ0v) is 7.70. The Balaban J connectivity index is 2.31. The molecule has 72 valence electrons. The third-order valence-corrected chi connectivity index (χ3v) is 1.59. The molecule has 0 atom stereocenters. The Bertz CT molecular complexity index is 252. The lowest BCUT2D eigenvalue weighted by Crippen LogP contribution is -2.13. The van der Waals surface area contributed by atoms with Crippen LogP contribution in [0.25, 0.3) is 0 Å². The summed E-state index contributed by atoms with van der Waals surface area (Å²) >= 11 is 0. The molecule has 4 nitrogen and oxygen atoms in total. The van der Waals surface area contributed by atoms with Crippen molar-refractivity contribution in [2.45, 2.75) is 13.8 Å². The highest BCUT2D eigenvalue weighted by Gasteiger charge is 2.15. The smallest absolute Gasteiger partial charge is 0.331 e. The number of rotatable bonds is 3. The molecule has 0 aromatic carbocycles. The lowest BCUT2D eigenvalue weighted by atomic mass is 10.2. The Hall–Kier alpha value is -1.32. The van der Waals surface area contributed by atoms with Crippen molar-refractivity contribution < 1.29 is 19.1 Å². The van der Waals surface area contributed by atoms with Crippen LogP contribution in [0.3, 0.4) is 0 Å². The van der Waals surface area contributed by atoms with E-state index in [0.717, 1.165) is 0 Å². The summed E-state index contributed by atoms with van der Waals surface area (Å²) in [5.74, 6) is -0.769. The minimum atomic E-state index is -0.365. The number of esters is 2. The van der Waals surface area contributed by atoms with E-state index in [9.17, 15) is 9.59 Å². The summed E-state index contributed by atoms with van der Waals surface area (Å²) in [6.45, 7) is 3.91. The topological polar surface area (TPSA) is 52.6 Å². The van der Waals surface area contributed by atoms with Crippen LogP contribution < -0.4 is 0 Å². The molecule has 1 rings (SSSR count). The van der Waals surface area contributed by atoms with Gasteiger partial charge in [-0.25, -0.2) is 4.79 Å². The standard InChI is InChI=1S/C9H12O4/c1-6(2)9(11)13-5-7-3-8(10)12-4-7/h3,6H,4-5H2,1-2H3. The Labute approximate surface area is 76.5 Å². The second-order valence-electron chi connectivity index (χ2n) is 3.17. The number of ether oxygens (including phenoxy) is 2. The average Bonchev–Trinajstić information content (AvgIpc) is 2.47. The zero-order valence-electron chi connectivity index (χ0n) is 7.70. The van der Waals surface area contributed by atoms with E-state index in [4.69, 9.17) is 4.74 Å². The first-order chi connectivity index (χ1) is 6.09. The van der Waals surface area contributed by atoms with Crippen molar-refractivity contribution >= 4 is 11.9 Å². The van der Waals surface area contributed by atoms with Gasteiger partial charge in [-0.15, -0.1) is 0 Å². The van der Waals surface area contributed by atoms with Crippen LogP contribution in [0.4, 0.5) is 0 Å². The van der Waals surface area contributed by atoms with Gasteiger partial charge in [0.1, 0.15) is 13.2 Å². The molecular weight excluding hydrogens is 172 g/mol. The molecule has 0 saturated heterocycles. The molecule has 0 spiro atoms. The first-order valence-corrected chi connectivity index (χ1v) is 4.12. The van der Waals surface area contributed by atoms with Crippen molar-refractivity contribution in [3.63, 3.8) is 0 Å². The fourth-order valence-electron chi connectivity index (χ4n) is 0.828. The first kappa shape index (κ1) is 9.77. The van der Waals surface area contributed by atoms with Crippen LogP contribution in [-0.2, 0) is 19.1 Å². The summed E-state index contributed by atoms with van der Waals surface area (Å²) in [5.41, 5.74) is 0.707. The highest BCUT2D eigenvalue weighted by molar-refractivity contribution is 5.85. The second kappa shape index (κ2) is 4.07. The molecule has 0 N–H and O–H groups in total. The quantitative estimate of drug-likeness (QED) is 0.605.